The molecule has 1 N–H and O–H groups in total. The number of carbonyl (C=O) groups is 2. The summed E-state index contributed by atoms with van der Waals surface area (Å²) in [4.78, 5) is 28.6. The smallest absolute Gasteiger partial charge is 0.295 e. The van der Waals surface area contributed by atoms with Gasteiger partial charge in [-0.15, -0.1) is 11.3 Å². The predicted molar refractivity (Wildman–Crippen MR) is 121 cm³/mol. The average molecular weight is 468 g/mol. The highest BCUT2D eigenvalue weighted by Gasteiger charge is 2.46. The summed E-state index contributed by atoms with van der Waals surface area (Å²) in [5, 5.41) is 13.5. The number of rotatable bonds is 4. The Morgan fingerprint density at radius 2 is 1.84 bits per heavy atom. The Labute approximate surface area is 193 Å². The van der Waals surface area contributed by atoms with Gasteiger partial charge in [-0.25, -0.2) is 0 Å². The van der Waals surface area contributed by atoms with Gasteiger partial charge in [0, 0.05) is 15.5 Å². The molecule has 1 fully saturated rings. The van der Waals surface area contributed by atoms with E-state index in [4.69, 9.17) is 21.1 Å². The maximum absolute atomic E-state index is 13.1. The van der Waals surface area contributed by atoms with Gasteiger partial charge in [0.15, 0.2) is 11.5 Å². The number of thiophene rings is 1. The molecule has 162 valence electrons. The molecule has 6 nitrogen and oxygen atoms in total. The molecule has 0 bridgehead atoms. The van der Waals surface area contributed by atoms with Crippen molar-refractivity contribution in [1.29, 1.82) is 0 Å². The minimum atomic E-state index is -0.820. The number of likely N-dealkylation sites (tertiary alicyclic amines) is 1. The topological polar surface area (TPSA) is 76.1 Å². The van der Waals surface area contributed by atoms with Crippen LogP contribution in [0.15, 0.2) is 65.6 Å². The minimum absolute atomic E-state index is 0.00339. The van der Waals surface area contributed by atoms with Gasteiger partial charge < -0.3 is 19.5 Å². The molecule has 1 atom stereocenters. The maximum atomic E-state index is 13.1. The van der Waals surface area contributed by atoms with Crippen LogP contribution in [-0.2, 0) is 16.1 Å². The molecule has 0 aliphatic carbocycles. The van der Waals surface area contributed by atoms with Crippen LogP contribution in [0, 0.1) is 0 Å². The molecule has 0 spiro atoms. The van der Waals surface area contributed by atoms with E-state index in [1.54, 1.807) is 42.5 Å². The second-order valence-corrected chi connectivity index (χ2v) is 8.83. The first-order chi connectivity index (χ1) is 15.5. The molecule has 2 aliphatic rings. The van der Waals surface area contributed by atoms with Crippen molar-refractivity contribution in [3.05, 3.63) is 86.6 Å². The molecular formula is C24H18ClNO5S. The lowest BCUT2D eigenvalue weighted by Gasteiger charge is -2.25. The van der Waals surface area contributed by atoms with Crippen LogP contribution in [0.25, 0.3) is 5.76 Å². The zero-order chi connectivity index (χ0) is 22.2. The summed E-state index contributed by atoms with van der Waals surface area (Å²) < 4.78 is 11.1. The van der Waals surface area contributed by atoms with Gasteiger partial charge in [0.2, 0.25) is 0 Å². The van der Waals surface area contributed by atoms with Crippen LogP contribution in [0.4, 0.5) is 0 Å². The molecule has 1 saturated heterocycles. The number of benzene rings is 2. The molecule has 0 radical (unpaired) electrons. The molecule has 8 heteroatoms. The van der Waals surface area contributed by atoms with Crippen LogP contribution in [0.3, 0.4) is 0 Å². The zero-order valence-electron chi connectivity index (χ0n) is 16.8. The molecule has 5 rings (SSSR count). The molecule has 3 heterocycles. The van der Waals surface area contributed by atoms with Crippen molar-refractivity contribution in [3.63, 3.8) is 0 Å². The number of amides is 1. The molecule has 1 aromatic heterocycles. The van der Waals surface area contributed by atoms with Crippen LogP contribution in [0.5, 0.6) is 11.5 Å². The van der Waals surface area contributed by atoms with E-state index in [-0.39, 0.29) is 17.9 Å². The number of halogens is 1. The summed E-state index contributed by atoms with van der Waals surface area (Å²) in [6.45, 7) is 1.07. The molecule has 1 unspecified atom stereocenters. The molecule has 3 aromatic rings. The summed E-state index contributed by atoms with van der Waals surface area (Å²) in [6, 6.07) is 14.9. The molecule has 1 amide bonds. The summed E-state index contributed by atoms with van der Waals surface area (Å²) in [5.74, 6) is -0.670. The average Bonchev–Trinajstić information content (AvgIpc) is 3.41. The Morgan fingerprint density at radius 3 is 2.59 bits per heavy atom. The number of ether oxygens (including phenoxy) is 2. The first-order valence-corrected chi connectivity index (χ1v) is 11.3. The van der Waals surface area contributed by atoms with E-state index >= 15 is 0 Å². The van der Waals surface area contributed by atoms with Gasteiger partial charge in [0.1, 0.15) is 19.0 Å². The number of ketones is 1. The molecule has 2 aromatic carbocycles. The van der Waals surface area contributed by atoms with Crippen molar-refractivity contribution in [2.75, 3.05) is 13.2 Å². The van der Waals surface area contributed by atoms with Crippen LogP contribution in [-0.4, -0.2) is 34.9 Å². The Balaban J connectivity index is 1.65. The number of hydrogen-bond donors (Lipinski definition) is 1. The minimum Gasteiger partial charge on any atom is -0.507 e. The number of fused-ring (bicyclic) bond motifs is 1. The van der Waals surface area contributed by atoms with Gasteiger partial charge in [-0.1, -0.05) is 35.9 Å². The highest BCUT2D eigenvalue weighted by molar-refractivity contribution is 7.09. The second kappa shape index (κ2) is 8.33. The Kier molecular flexibility index (Phi) is 5.36. The van der Waals surface area contributed by atoms with Gasteiger partial charge in [-0.3, -0.25) is 9.59 Å². The zero-order valence-corrected chi connectivity index (χ0v) is 18.4. The molecule has 32 heavy (non-hydrogen) atoms. The van der Waals surface area contributed by atoms with E-state index in [1.165, 1.54) is 16.2 Å². The maximum Gasteiger partial charge on any atom is 0.295 e. The molecule has 2 aliphatic heterocycles. The fourth-order valence-corrected chi connectivity index (χ4v) is 4.92. The van der Waals surface area contributed by atoms with Crippen molar-refractivity contribution in [2.24, 2.45) is 0 Å². The fraction of sp³-hybridized carbons (Fsp3) is 0.167. The summed E-state index contributed by atoms with van der Waals surface area (Å²) in [6.07, 6.45) is 0. The third-order valence-corrected chi connectivity index (χ3v) is 6.67. The number of Topliss-reactive ketones (excluding diaryl/α,β-unsaturated/α-hetero) is 1. The number of nitrogens with zero attached hydrogens (tertiary/aromatic N) is 1. The lowest BCUT2D eigenvalue weighted by atomic mass is 9.95. The first kappa shape index (κ1) is 20.6. The van der Waals surface area contributed by atoms with E-state index in [2.05, 4.69) is 0 Å². The third kappa shape index (κ3) is 3.53. The predicted octanol–water partition coefficient (Wildman–Crippen LogP) is 4.79. The SMILES string of the molecule is O=C1C(=O)N(Cc2cccs2)C(c2ccccc2Cl)/C1=C(\O)c1ccc2c(c1)OCCO2. The van der Waals surface area contributed by atoms with Gasteiger partial charge in [0.25, 0.3) is 11.7 Å². The number of aliphatic hydroxyl groups is 1. The normalized spacial score (nSPS) is 19.4. The van der Waals surface area contributed by atoms with E-state index in [9.17, 15) is 14.7 Å². The van der Waals surface area contributed by atoms with Crippen LogP contribution in [0.1, 0.15) is 22.0 Å². The number of carbonyl (C=O) groups excluding carboxylic acids is 2. The quantitative estimate of drug-likeness (QED) is 0.339. The van der Waals surface area contributed by atoms with Crippen LogP contribution < -0.4 is 9.47 Å². The molecular weight excluding hydrogens is 450 g/mol. The first-order valence-electron chi connectivity index (χ1n) is 10.00. The summed E-state index contributed by atoms with van der Waals surface area (Å²) >= 11 is 7.96. The van der Waals surface area contributed by atoms with Crippen molar-refractivity contribution < 1.29 is 24.2 Å². The standard InChI is InChI=1S/C24H18ClNO5S/c25-17-6-2-1-5-16(17)21-20(23(28)24(29)26(21)13-15-4-3-11-32-15)22(27)14-7-8-18-19(12-14)31-10-9-30-18/h1-8,11-12,21,27H,9-10,13H2/b22-20+. The Hall–Kier alpha value is -3.29. The summed E-state index contributed by atoms with van der Waals surface area (Å²) in [7, 11) is 0. The van der Waals surface area contributed by atoms with E-state index in [0.717, 1.165) is 4.88 Å². The second-order valence-electron chi connectivity index (χ2n) is 7.39. The number of hydrogen-bond acceptors (Lipinski definition) is 6. The third-order valence-electron chi connectivity index (χ3n) is 5.46. The fourth-order valence-electron chi connectivity index (χ4n) is 3.98. The lowest BCUT2D eigenvalue weighted by molar-refractivity contribution is -0.140. The van der Waals surface area contributed by atoms with E-state index < -0.39 is 17.7 Å². The van der Waals surface area contributed by atoms with Gasteiger partial charge in [0.05, 0.1) is 18.2 Å². The van der Waals surface area contributed by atoms with Crippen molar-refractivity contribution in [2.45, 2.75) is 12.6 Å². The van der Waals surface area contributed by atoms with Gasteiger partial charge >= 0.3 is 0 Å². The number of aliphatic hydroxyl groups excluding tert-OH is 1. The highest BCUT2D eigenvalue weighted by atomic mass is 35.5. The lowest BCUT2D eigenvalue weighted by Crippen LogP contribution is -2.29. The summed E-state index contributed by atoms with van der Waals surface area (Å²) in [5.41, 5.74) is 0.931. The largest absolute Gasteiger partial charge is 0.507 e. The van der Waals surface area contributed by atoms with Gasteiger partial charge in [-0.05, 0) is 41.3 Å². The van der Waals surface area contributed by atoms with Crippen molar-refractivity contribution >= 4 is 40.4 Å². The highest BCUT2D eigenvalue weighted by Crippen LogP contribution is 2.43. The monoisotopic (exact) mass is 467 g/mol. The molecule has 0 saturated carbocycles. The van der Waals surface area contributed by atoms with E-state index in [1.807, 2.05) is 17.5 Å². The van der Waals surface area contributed by atoms with Crippen molar-refractivity contribution in [1.82, 2.24) is 4.90 Å². The van der Waals surface area contributed by atoms with Gasteiger partial charge in [-0.2, -0.15) is 0 Å². The van der Waals surface area contributed by atoms with Crippen molar-refractivity contribution in [3.8, 4) is 11.5 Å². The Bertz CT molecular complexity index is 1240. The van der Waals surface area contributed by atoms with E-state index in [0.29, 0.717) is 40.9 Å². The van der Waals surface area contributed by atoms with Crippen LogP contribution in [0.2, 0.25) is 5.02 Å². The van der Waals surface area contributed by atoms with Crippen LogP contribution >= 0.6 is 22.9 Å². The Morgan fingerprint density at radius 1 is 1.06 bits per heavy atom.